The van der Waals surface area contributed by atoms with Crippen LogP contribution in [0.1, 0.15) is 22.8 Å². The zero-order valence-corrected chi connectivity index (χ0v) is 8.58. The molecule has 2 rings (SSSR count). The van der Waals surface area contributed by atoms with Crippen LogP contribution < -0.4 is 0 Å². The molecule has 0 aliphatic heterocycles. The van der Waals surface area contributed by atoms with E-state index in [1.165, 1.54) is 0 Å². The van der Waals surface area contributed by atoms with Crippen LogP contribution in [0, 0.1) is 5.92 Å². The number of fused-ring (bicyclic) bond motifs is 1. The second-order valence-corrected chi connectivity index (χ2v) is 4.09. The van der Waals surface area contributed by atoms with E-state index in [1.807, 2.05) is 0 Å². The fourth-order valence-electron chi connectivity index (χ4n) is 1.90. The summed E-state index contributed by atoms with van der Waals surface area (Å²) in [6.07, 6.45) is -0.0446. The summed E-state index contributed by atoms with van der Waals surface area (Å²) in [6, 6.07) is 5.31. The number of ketones is 1. The Kier molecular flexibility index (Phi) is 2.33. The van der Waals surface area contributed by atoms with Gasteiger partial charge in [0.05, 0.1) is 12.0 Å². The lowest BCUT2D eigenvalue weighted by atomic mass is 10.00. The molecule has 14 heavy (non-hydrogen) atoms. The van der Waals surface area contributed by atoms with E-state index >= 15 is 0 Å². The van der Waals surface area contributed by atoms with E-state index in [-0.39, 0.29) is 11.7 Å². The van der Waals surface area contributed by atoms with E-state index in [1.54, 1.807) is 25.1 Å². The molecule has 0 bridgehead atoms. The second kappa shape index (κ2) is 3.37. The lowest BCUT2D eigenvalue weighted by Crippen LogP contribution is -2.22. The topological polar surface area (TPSA) is 37.3 Å². The first-order valence-electron chi connectivity index (χ1n) is 4.61. The number of carbonyl (C=O) groups excluding carboxylic acids is 1. The lowest BCUT2D eigenvalue weighted by molar-refractivity contribution is 0.0758. The van der Waals surface area contributed by atoms with Crippen molar-refractivity contribution in [2.45, 2.75) is 19.4 Å². The molecule has 0 fully saturated rings. The fraction of sp³-hybridized carbons (Fsp3) is 0.364. The second-order valence-electron chi connectivity index (χ2n) is 3.68. The molecular formula is C11H11ClO2. The van der Waals surface area contributed by atoms with Crippen molar-refractivity contribution in [3.05, 3.63) is 34.3 Å². The van der Waals surface area contributed by atoms with Gasteiger partial charge in [-0.1, -0.05) is 23.7 Å². The van der Waals surface area contributed by atoms with Gasteiger partial charge in [0.2, 0.25) is 0 Å². The first kappa shape index (κ1) is 9.69. The number of aliphatic hydroxyl groups excluding tert-OH is 1. The molecule has 0 spiro atoms. The molecule has 74 valence electrons. The minimum absolute atomic E-state index is 0.0116. The van der Waals surface area contributed by atoms with Gasteiger partial charge in [0.15, 0.2) is 5.78 Å². The van der Waals surface area contributed by atoms with Gasteiger partial charge in [-0.15, -0.1) is 0 Å². The summed E-state index contributed by atoms with van der Waals surface area (Å²) in [5.74, 6) is -0.303. The van der Waals surface area contributed by atoms with Gasteiger partial charge in [-0.05, 0) is 25.0 Å². The Hall–Kier alpha value is -0.860. The van der Waals surface area contributed by atoms with Crippen molar-refractivity contribution < 1.29 is 9.90 Å². The van der Waals surface area contributed by atoms with Crippen molar-refractivity contribution in [3.63, 3.8) is 0 Å². The van der Waals surface area contributed by atoms with Crippen LogP contribution in [0.4, 0.5) is 0 Å². The Balaban J connectivity index is 2.45. The lowest BCUT2D eigenvalue weighted by Gasteiger charge is -2.09. The summed E-state index contributed by atoms with van der Waals surface area (Å²) in [5, 5.41) is 10.0. The third-order valence-electron chi connectivity index (χ3n) is 2.73. The maximum absolute atomic E-state index is 11.8. The fourth-order valence-corrected chi connectivity index (χ4v) is 2.15. The molecule has 1 aliphatic rings. The molecule has 3 heteroatoms. The maximum atomic E-state index is 11.8. The number of benzene rings is 1. The van der Waals surface area contributed by atoms with Gasteiger partial charge in [0.25, 0.3) is 0 Å². The highest BCUT2D eigenvalue weighted by molar-refractivity contribution is 6.32. The summed E-state index contributed by atoms with van der Waals surface area (Å²) in [5.41, 5.74) is 1.55. The van der Waals surface area contributed by atoms with Crippen LogP contribution in [-0.2, 0) is 6.42 Å². The molecule has 2 unspecified atom stereocenters. The highest BCUT2D eigenvalue weighted by Gasteiger charge is 2.34. The van der Waals surface area contributed by atoms with Gasteiger partial charge in [-0.2, -0.15) is 0 Å². The van der Waals surface area contributed by atoms with E-state index in [0.29, 0.717) is 17.0 Å². The Labute approximate surface area is 87.5 Å². The predicted octanol–water partition coefficient (Wildman–Crippen LogP) is 2.08. The maximum Gasteiger partial charge on any atom is 0.169 e. The van der Waals surface area contributed by atoms with Gasteiger partial charge in [0, 0.05) is 10.6 Å². The summed E-state index contributed by atoms with van der Waals surface area (Å²) >= 11 is 5.97. The Morgan fingerprint density at radius 3 is 2.86 bits per heavy atom. The van der Waals surface area contributed by atoms with Crippen molar-refractivity contribution in [3.8, 4) is 0 Å². The first-order chi connectivity index (χ1) is 6.61. The van der Waals surface area contributed by atoms with E-state index in [2.05, 4.69) is 0 Å². The third-order valence-corrected chi connectivity index (χ3v) is 3.08. The minimum atomic E-state index is -0.606. The predicted molar refractivity (Wildman–Crippen MR) is 54.7 cm³/mol. The van der Waals surface area contributed by atoms with Crippen LogP contribution in [0.25, 0.3) is 0 Å². The quantitative estimate of drug-likeness (QED) is 0.771. The monoisotopic (exact) mass is 210 g/mol. The summed E-state index contributed by atoms with van der Waals surface area (Å²) in [7, 11) is 0. The highest BCUT2D eigenvalue weighted by atomic mass is 35.5. The Morgan fingerprint density at radius 2 is 2.29 bits per heavy atom. The van der Waals surface area contributed by atoms with Crippen LogP contribution in [0.3, 0.4) is 0 Å². The zero-order chi connectivity index (χ0) is 10.3. The van der Waals surface area contributed by atoms with Crippen LogP contribution in [-0.4, -0.2) is 17.0 Å². The van der Waals surface area contributed by atoms with E-state index in [4.69, 9.17) is 11.6 Å². The number of hydrogen-bond acceptors (Lipinski definition) is 2. The molecule has 0 amide bonds. The van der Waals surface area contributed by atoms with Crippen molar-refractivity contribution in [2.75, 3.05) is 0 Å². The smallest absolute Gasteiger partial charge is 0.169 e. The van der Waals surface area contributed by atoms with E-state index in [0.717, 1.165) is 5.56 Å². The highest BCUT2D eigenvalue weighted by Crippen LogP contribution is 2.33. The molecule has 0 radical (unpaired) electrons. The first-order valence-corrected chi connectivity index (χ1v) is 4.98. The number of halogens is 1. The molecule has 0 saturated carbocycles. The largest absolute Gasteiger partial charge is 0.393 e. The minimum Gasteiger partial charge on any atom is -0.393 e. The Morgan fingerprint density at radius 1 is 1.57 bits per heavy atom. The molecule has 0 heterocycles. The summed E-state index contributed by atoms with van der Waals surface area (Å²) < 4.78 is 0. The molecule has 2 atom stereocenters. The zero-order valence-electron chi connectivity index (χ0n) is 7.83. The van der Waals surface area contributed by atoms with Gasteiger partial charge in [-0.25, -0.2) is 0 Å². The number of aliphatic hydroxyl groups is 1. The van der Waals surface area contributed by atoms with Crippen LogP contribution in [0.2, 0.25) is 5.02 Å². The van der Waals surface area contributed by atoms with Crippen molar-refractivity contribution in [1.29, 1.82) is 0 Å². The molecule has 0 saturated heterocycles. The van der Waals surface area contributed by atoms with Gasteiger partial charge >= 0.3 is 0 Å². The average molecular weight is 211 g/mol. The number of Topliss-reactive ketones (excluding diaryl/α,β-unsaturated/α-hetero) is 1. The van der Waals surface area contributed by atoms with Crippen molar-refractivity contribution in [2.24, 2.45) is 5.92 Å². The van der Waals surface area contributed by atoms with Crippen molar-refractivity contribution >= 4 is 17.4 Å². The Bertz CT molecular complexity index is 385. The molecule has 0 aromatic heterocycles. The van der Waals surface area contributed by atoms with Crippen molar-refractivity contribution in [1.82, 2.24) is 0 Å². The normalized spacial score (nSPS) is 22.2. The van der Waals surface area contributed by atoms with Crippen LogP contribution in [0.5, 0.6) is 0 Å². The van der Waals surface area contributed by atoms with Gasteiger partial charge in [0.1, 0.15) is 0 Å². The van der Waals surface area contributed by atoms with Gasteiger partial charge in [-0.3, -0.25) is 4.79 Å². The number of carbonyl (C=O) groups is 1. The van der Waals surface area contributed by atoms with Gasteiger partial charge < -0.3 is 5.11 Å². The van der Waals surface area contributed by atoms with E-state index in [9.17, 15) is 9.90 Å². The molecule has 1 aromatic carbocycles. The molecule has 1 aromatic rings. The molecule has 1 aliphatic carbocycles. The average Bonchev–Trinajstić information content (AvgIpc) is 2.46. The number of rotatable bonds is 1. The third kappa shape index (κ3) is 1.35. The standard InChI is InChI=1S/C11H11ClO2/c1-6(13)8-5-9-7(11(8)14)3-2-4-10(9)12/h2-4,6,8,13H,5H2,1H3. The summed E-state index contributed by atoms with van der Waals surface area (Å²) in [4.78, 5) is 11.8. The SMILES string of the molecule is CC(O)C1Cc2c(Cl)cccc2C1=O. The molecule has 1 N–H and O–H groups in total. The summed E-state index contributed by atoms with van der Waals surface area (Å²) in [6.45, 7) is 1.64. The van der Waals surface area contributed by atoms with E-state index < -0.39 is 6.10 Å². The molecular weight excluding hydrogens is 200 g/mol. The molecule has 2 nitrogen and oxygen atoms in total. The number of hydrogen-bond donors (Lipinski definition) is 1. The van der Waals surface area contributed by atoms with Crippen LogP contribution in [0.15, 0.2) is 18.2 Å². The van der Waals surface area contributed by atoms with Crippen LogP contribution >= 0.6 is 11.6 Å².